The summed E-state index contributed by atoms with van der Waals surface area (Å²) in [6.45, 7) is 0.664. The van der Waals surface area contributed by atoms with Crippen LogP contribution in [0, 0.1) is 15.9 Å². The standard InChI is InChI=1S/C12H12FNO5S/c13-9-5-10(14(17)18)11(4-8(9)12(15)16)20-6-7-2-1-3-19-7/h4-5,7H,1-3,6H2,(H,15,16). The van der Waals surface area contributed by atoms with E-state index in [1.807, 2.05) is 0 Å². The highest BCUT2D eigenvalue weighted by Gasteiger charge is 2.23. The molecule has 0 radical (unpaired) electrons. The number of nitro benzene ring substituents is 1. The van der Waals surface area contributed by atoms with Crippen molar-refractivity contribution in [2.45, 2.75) is 23.8 Å². The van der Waals surface area contributed by atoms with E-state index in [0.29, 0.717) is 18.4 Å². The SMILES string of the molecule is O=C(O)c1cc(SCC2CCCO2)c([N+](=O)[O-])cc1F. The monoisotopic (exact) mass is 301 g/mol. The summed E-state index contributed by atoms with van der Waals surface area (Å²) in [7, 11) is 0. The minimum absolute atomic E-state index is 0.00191. The fraction of sp³-hybridized carbons (Fsp3) is 0.417. The quantitative estimate of drug-likeness (QED) is 0.511. The first kappa shape index (κ1) is 14.7. The zero-order valence-electron chi connectivity index (χ0n) is 10.4. The summed E-state index contributed by atoms with van der Waals surface area (Å²) in [5.74, 6) is -2.08. The number of aromatic carboxylic acids is 1. The van der Waals surface area contributed by atoms with Crippen molar-refractivity contribution in [2.75, 3.05) is 12.4 Å². The number of carbonyl (C=O) groups is 1. The average Bonchev–Trinajstić information content (AvgIpc) is 2.89. The van der Waals surface area contributed by atoms with Crippen molar-refractivity contribution >= 4 is 23.4 Å². The van der Waals surface area contributed by atoms with Crippen LogP contribution in [0.2, 0.25) is 0 Å². The van der Waals surface area contributed by atoms with Gasteiger partial charge in [-0.3, -0.25) is 10.1 Å². The Hall–Kier alpha value is -1.67. The van der Waals surface area contributed by atoms with Gasteiger partial charge in [-0.1, -0.05) is 0 Å². The highest BCUT2D eigenvalue weighted by molar-refractivity contribution is 7.99. The molecule has 1 N–H and O–H groups in total. The number of nitrogens with zero attached hydrogens (tertiary/aromatic N) is 1. The second kappa shape index (κ2) is 6.19. The Morgan fingerprint density at radius 2 is 2.35 bits per heavy atom. The number of halogens is 1. The summed E-state index contributed by atoms with van der Waals surface area (Å²) in [4.78, 5) is 21.2. The topological polar surface area (TPSA) is 89.7 Å². The number of hydrogen-bond acceptors (Lipinski definition) is 5. The maximum atomic E-state index is 13.5. The van der Waals surface area contributed by atoms with Crippen molar-refractivity contribution < 1.29 is 24.0 Å². The van der Waals surface area contributed by atoms with Crippen LogP contribution in [-0.2, 0) is 4.74 Å². The molecular formula is C12H12FNO5S. The van der Waals surface area contributed by atoms with Crippen molar-refractivity contribution in [2.24, 2.45) is 0 Å². The van der Waals surface area contributed by atoms with Crippen LogP contribution in [0.25, 0.3) is 0 Å². The number of ether oxygens (including phenoxy) is 1. The number of benzene rings is 1. The van der Waals surface area contributed by atoms with E-state index < -0.39 is 28.0 Å². The van der Waals surface area contributed by atoms with Gasteiger partial charge in [0.1, 0.15) is 5.82 Å². The van der Waals surface area contributed by atoms with Crippen LogP contribution in [-0.4, -0.2) is 34.5 Å². The molecule has 0 bridgehead atoms. The second-order valence-electron chi connectivity index (χ2n) is 4.31. The molecule has 0 saturated carbocycles. The fourth-order valence-corrected chi connectivity index (χ4v) is 3.03. The minimum Gasteiger partial charge on any atom is -0.478 e. The smallest absolute Gasteiger partial charge is 0.338 e. The van der Waals surface area contributed by atoms with E-state index in [0.717, 1.165) is 30.7 Å². The molecule has 2 rings (SSSR count). The molecule has 20 heavy (non-hydrogen) atoms. The minimum atomic E-state index is -1.45. The first-order valence-corrected chi connectivity index (χ1v) is 6.93. The second-order valence-corrected chi connectivity index (χ2v) is 5.37. The predicted molar refractivity (Wildman–Crippen MR) is 69.7 cm³/mol. The summed E-state index contributed by atoms with van der Waals surface area (Å²) < 4.78 is 18.9. The molecule has 1 unspecified atom stereocenters. The van der Waals surface area contributed by atoms with Gasteiger partial charge in [0, 0.05) is 12.4 Å². The highest BCUT2D eigenvalue weighted by atomic mass is 32.2. The number of nitro groups is 1. The van der Waals surface area contributed by atoms with E-state index in [9.17, 15) is 19.3 Å². The lowest BCUT2D eigenvalue weighted by Gasteiger charge is -2.09. The lowest BCUT2D eigenvalue weighted by Crippen LogP contribution is -2.09. The van der Waals surface area contributed by atoms with E-state index in [1.54, 1.807) is 0 Å². The highest BCUT2D eigenvalue weighted by Crippen LogP contribution is 2.33. The molecule has 0 aliphatic carbocycles. The van der Waals surface area contributed by atoms with Gasteiger partial charge in [0.25, 0.3) is 5.69 Å². The molecule has 8 heteroatoms. The molecule has 1 aliphatic heterocycles. The van der Waals surface area contributed by atoms with Crippen molar-refractivity contribution in [3.63, 3.8) is 0 Å². The lowest BCUT2D eigenvalue weighted by atomic mass is 10.2. The molecule has 1 aromatic rings. The van der Waals surface area contributed by atoms with Gasteiger partial charge >= 0.3 is 5.97 Å². The van der Waals surface area contributed by atoms with Crippen molar-refractivity contribution in [1.82, 2.24) is 0 Å². The summed E-state index contributed by atoms with van der Waals surface area (Å²) in [6, 6.07) is 1.66. The van der Waals surface area contributed by atoms with Crippen LogP contribution >= 0.6 is 11.8 Å². The normalized spacial score (nSPS) is 18.1. The van der Waals surface area contributed by atoms with Gasteiger partial charge in [-0.15, -0.1) is 11.8 Å². The molecule has 1 aromatic carbocycles. The van der Waals surface area contributed by atoms with Gasteiger partial charge in [-0.2, -0.15) is 0 Å². The zero-order valence-corrected chi connectivity index (χ0v) is 11.2. The summed E-state index contributed by atoms with van der Waals surface area (Å²) in [6.07, 6.45) is 1.81. The number of carboxylic acids is 1. The van der Waals surface area contributed by atoms with E-state index in [-0.39, 0.29) is 11.0 Å². The van der Waals surface area contributed by atoms with Crippen molar-refractivity contribution in [3.05, 3.63) is 33.6 Å². The number of thioether (sulfide) groups is 1. The summed E-state index contributed by atoms with van der Waals surface area (Å²) >= 11 is 1.12. The van der Waals surface area contributed by atoms with Crippen LogP contribution in [0.5, 0.6) is 0 Å². The Labute approximate surface area is 118 Å². The molecule has 6 nitrogen and oxygen atoms in total. The Kier molecular flexibility index (Phi) is 4.56. The molecular weight excluding hydrogens is 289 g/mol. The first-order valence-electron chi connectivity index (χ1n) is 5.94. The molecule has 0 spiro atoms. The molecule has 0 aromatic heterocycles. The number of rotatable bonds is 5. The van der Waals surface area contributed by atoms with E-state index in [4.69, 9.17) is 9.84 Å². The predicted octanol–water partition coefficient (Wildman–Crippen LogP) is 2.70. The Balaban J connectivity index is 2.25. The Morgan fingerprint density at radius 3 is 2.90 bits per heavy atom. The van der Waals surface area contributed by atoms with E-state index in [2.05, 4.69) is 0 Å². The molecule has 1 fully saturated rings. The van der Waals surface area contributed by atoms with E-state index >= 15 is 0 Å². The molecule has 1 aliphatic rings. The van der Waals surface area contributed by atoms with Crippen LogP contribution in [0.1, 0.15) is 23.2 Å². The van der Waals surface area contributed by atoms with Gasteiger partial charge in [0.15, 0.2) is 0 Å². The number of hydrogen-bond donors (Lipinski definition) is 1. The molecule has 0 amide bonds. The number of carboxylic acid groups (broad SMARTS) is 1. The van der Waals surface area contributed by atoms with Crippen LogP contribution in [0.4, 0.5) is 10.1 Å². The largest absolute Gasteiger partial charge is 0.478 e. The van der Waals surface area contributed by atoms with Gasteiger partial charge in [-0.05, 0) is 18.9 Å². The third kappa shape index (κ3) is 3.26. The van der Waals surface area contributed by atoms with E-state index in [1.165, 1.54) is 0 Å². The first-order chi connectivity index (χ1) is 9.49. The van der Waals surface area contributed by atoms with Crippen molar-refractivity contribution in [3.8, 4) is 0 Å². The van der Waals surface area contributed by atoms with Gasteiger partial charge in [0.05, 0.1) is 27.6 Å². The zero-order chi connectivity index (χ0) is 14.7. The summed E-state index contributed by atoms with van der Waals surface area (Å²) in [5.41, 5.74) is -0.985. The van der Waals surface area contributed by atoms with Gasteiger partial charge in [-0.25, -0.2) is 9.18 Å². The Bertz CT molecular complexity index is 545. The van der Waals surface area contributed by atoms with Crippen LogP contribution in [0.3, 0.4) is 0 Å². The molecule has 1 heterocycles. The molecule has 1 saturated heterocycles. The molecule has 1 atom stereocenters. The lowest BCUT2D eigenvalue weighted by molar-refractivity contribution is -0.387. The van der Waals surface area contributed by atoms with Gasteiger partial charge in [0.2, 0.25) is 0 Å². The average molecular weight is 301 g/mol. The van der Waals surface area contributed by atoms with Crippen LogP contribution in [0.15, 0.2) is 17.0 Å². The maximum Gasteiger partial charge on any atom is 0.338 e. The van der Waals surface area contributed by atoms with Crippen molar-refractivity contribution in [1.29, 1.82) is 0 Å². The molecule has 108 valence electrons. The maximum absolute atomic E-state index is 13.5. The van der Waals surface area contributed by atoms with Crippen LogP contribution < -0.4 is 0 Å². The van der Waals surface area contributed by atoms with Gasteiger partial charge < -0.3 is 9.84 Å². The Morgan fingerprint density at radius 1 is 1.60 bits per heavy atom. The fourth-order valence-electron chi connectivity index (χ4n) is 1.92. The third-order valence-corrected chi connectivity index (χ3v) is 4.10. The third-order valence-electron chi connectivity index (χ3n) is 2.92. The summed E-state index contributed by atoms with van der Waals surface area (Å²) in [5, 5.41) is 19.8.